The molecule has 1 aliphatic heterocycles. The highest BCUT2D eigenvalue weighted by Gasteiger charge is 2.36. The minimum Gasteiger partial charge on any atom is -0.392 e. The van der Waals surface area contributed by atoms with E-state index >= 15 is 0 Å². The van der Waals surface area contributed by atoms with E-state index in [2.05, 4.69) is 42.8 Å². The van der Waals surface area contributed by atoms with Crippen LogP contribution in [0.1, 0.15) is 59.8 Å². The molecule has 25 heavy (non-hydrogen) atoms. The van der Waals surface area contributed by atoms with Crippen LogP contribution in [0, 0.1) is 5.41 Å². The van der Waals surface area contributed by atoms with Crippen LogP contribution in [-0.4, -0.2) is 72.3 Å². The molecule has 0 aromatic rings. The van der Waals surface area contributed by atoms with Gasteiger partial charge in [-0.15, -0.1) is 24.0 Å². The van der Waals surface area contributed by atoms with Gasteiger partial charge in [0.1, 0.15) is 0 Å². The number of aliphatic hydroxyl groups is 1. The van der Waals surface area contributed by atoms with Crippen molar-refractivity contribution in [3.8, 4) is 0 Å². The summed E-state index contributed by atoms with van der Waals surface area (Å²) in [5.74, 6) is 1.03. The quantitative estimate of drug-likeness (QED) is 0.359. The molecule has 2 fully saturated rings. The minimum absolute atomic E-state index is 0. The molecule has 1 saturated heterocycles. The second-order valence-corrected chi connectivity index (χ2v) is 7.70. The van der Waals surface area contributed by atoms with Crippen LogP contribution in [0.2, 0.25) is 0 Å². The predicted octanol–water partition coefficient (Wildman–Crippen LogP) is 2.93. The number of hydrogen-bond acceptors (Lipinski definition) is 3. The van der Waals surface area contributed by atoms with Crippen molar-refractivity contribution in [2.24, 2.45) is 10.4 Å². The number of likely N-dealkylation sites (tertiary alicyclic amines) is 1. The molecule has 6 heteroatoms. The lowest BCUT2D eigenvalue weighted by Crippen LogP contribution is -2.44. The third-order valence-electron chi connectivity index (χ3n) is 6.00. The Hall–Kier alpha value is -0.0800. The fraction of sp³-hybridized carbons (Fsp3) is 0.947. The van der Waals surface area contributed by atoms with Gasteiger partial charge in [0.25, 0.3) is 0 Å². The van der Waals surface area contributed by atoms with E-state index in [-0.39, 0.29) is 35.5 Å². The van der Waals surface area contributed by atoms with Gasteiger partial charge in [0, 0.05) is 31.1 Å². The highest BCUT2D eigenvalue weighted by Crippen LogP contribution is 2.36. The summed E-state index contributed by atoms with van der Waals surface area (Å²) in [7, 11) is 0. The number of nitrogens with one attached hydrogen (secondary N) is 1. The zero-order chi connectivity index (χ0) is 17.6. The van der Waals surface area contributed by atoms with Crippen LogP contribution < -0.4 is 5.32 Å². The van der Waals surface area contributed by atoms with Crippen molar-refractivity contribution >= 4 is 29.9 Å². The van der Waals surface area contributed by atoms with Crippen molar-refractivity contribution in [1.29, 1.82) is 0 Å². The van der Waals surface area contributed by atoms with Crippen LogP contribution in [0.25, 0.3) is 0 Å². The Labute approximate surface area is 171 Å². The fourth-order valence-corrected chi connectivity index (χ4v) is 4.22. The van der Waals surface area contributed by atoms with Crippen molar-refractivity contribution in [1.82, 2.24) is 15.1 Å². The smallest absolute Gasteiger partial charge is 0.193 e. The van der Waals surface area contributed by atoms with Gasteiger partial charge >= 0.3 is 0 Å². The molecule has 3 unspecified atom stereocenters. The van der Waals surface area contributed by atoms with E-state index in [0.717, 1.165) is 64.5 Å². The zero-order valence-corrected chi connectivity index (χ0v) is 19.0. The molecule has 1 heterocycles. The van der Waals surface area contributed by atoms with Gasteiger partial charge in [0.2, 0.25) is 0 Å². The van der Waals surface area contributed by atoms with Crippen LogP contribution in [-0.2, 0) is 0 Å². The monoisotopic (exact) mass is 466 g/mol. The van der Waals surface area contributed by atoms with Crippen LogP contribution in [0.5, 0.6) is 0 Å². The van der Waals surface area contributed by atoms with Crippen molar-refractivity contribution in [3.05, 3.63) is 0 Å². The van der Waals surface area contributed by atoms with E-state index in [4.69, 9.17) is 4.99 Å². The Morgan fingerprint density at radius 3 is 2.56 bits per heavy atom. The summed E-state index contributed by atoms with van der Waals surface area (Å²) >= 11 is 0. The molecule has 1 aliphatic carbocycles. The lowest BCUT2D eigenvalue weighted by Gasteiger charge is -2.37. The van der Waals surface area contributed by atoms with E-state index in [9.17, 15) is 5.11 Å². The van der Waals surface area contributed by atoms with Gasteiger partial charge in [-0.1, -0.05) is 33.6 Å². The van der Waals surface area contributed by atoms with E-state index in [1.54, 1.807) is 0 Å². The first-order valence-corrected chi connectivity index (χ1v) is 9.99. The second-order valence-electron chi connectivity index (χ2n) is 7.70. The molecule has 5 nitrogen and oxygen atoms in total. The zero-order valence-electron chi connectivity index (χ0n) is 16.6. The third-order valence-corrected chi connectivity index (χ3v) is 6.00. The van der Waals surface area contributed by atoms with Crippen LogP contribution in [0.3, 0.4) is 0 Å². The van der Waals surface area contributed by atoms with Crippen LogP contribution in [0.4, 0.5) is 0 Å². The molecule has 2 N–H and O–H groups in total. The molecule has 2 aliphatic rings. The van der Waals surface area contributed by atoms with Gasteiger partial charge < -0.3 is 15.3 Å². The van der Waals surface area contributed by atoms with Crippen molar-refractivity contribution < 1.29 is 5.11 Å². The summed E-state index contributed by atoms with van der Waals surface area (Å²) in [4.78, 5) is 9.90. The summed E-state index contributed by atoms with van der Waals surface area (Å²) in [6, 6.07) is 0.639. The van der Waals surface area contributed by atoms with Gasteiger partial charge in [-0.05, 0) is 39.3 Å². The standard InChI is InChI=1S/C19H38N4O.HI/c1-5-20-18(21-15-19(4)12-9-8-10-17(19)24)23-13-11-16(14-23)22(6-2)7-3;/h16-17,24H,5-15H2,1-4H3,(H,20,21);1H. The Balaban J connectivity index is 0.00000312. The van der Waals surface area contributed by atoms with Crippen molar-refractivity contribution in [2.45, 2.75) is 71.9 Å². The molecule has 2 rings (SSSR count). The van der Waals surface area contributed by atoms with E-state index in [1.807, 2.05) is 0 Å². The molecule has 0 radical (unpaired) electrons. The normalized spacial score (nSPS) is 30.5. The number of aliphatic hydroxyl groups excluding tert-OH is 1. The minimum atomic E-state index is -0.208. The number of nitrogens with zero attached hydrogens (tertiary/aromatic N) is 3. The third kappa shape index (κ3) is 5.96. The summed E-state index contributed by atoms with van der Waals surface area (Å²) in [5, 5.41) is 13.9. The summed E-state index contributed by atoms with van der Waals surface area (Å²) in [5.41, 5.74) is -0.0586. The summed E-state index contributed by atoms with van der Waals surface area (Å²) in [6.45, 7) is 14.8. The van der Waals surface area contributed by atoms with Crippen molar-refractivity contribution in [3.63, 3.8) is 0 Å². The Morgan fingerprint density at radius 1 is 1.24 bits per heavy atom. The van der Waals surface area contributed by atoms with Crippen LogP contribution >= 0.6 is 24.0 Å². The number of likely N-dealkylation sites (N-methyl/N-ethyl adjacent to an activating group) is 1. The second kappa shape index (κ2) is 10.9. The lowest BCUT2D eigenvalue weighted by molar-refractivity contribution is 0.00705. The Morgan fingerprint density at radius 2 is 1.96 bits per heavy atom. The van der Waals surface area contributed by atoms with Crippen LogP contribution in [0.15, 0.2) is 4.99 Å². The molecule has 0 aromatic carbocycles. The molecular weight excluding hydrogens is 427 g/mol. The van der Waals surface area contributed by atoms with Gasteiger partial charge in [-0.25, -0.2) is 0 Å². The number of hydrogen-bond donors (Lipinski definition) is 2. The number of aliphatic imine (C=N–C) groups is 1. The van der Waals surface area contributed by atoms with Gasteiger partial charge in [0.15, 0.2) is 5.96 Å². The number of rotatable bonds is 6. The summed E-state index contributed by atoms with van der Waals surface area (Å²) < 4.78 is 0. The van der Waals surface area contributed by atoms with Gasteiger partial charge in [-0.3, -0.25) is 9.89 Å². The van der Waals surface area contributed by atoms with E-state index in [0.29, 0.717) is 6.04 Å². The lowest BCUT2D eigenvalue weighted by atomic mass is 9.73. The molecule has 1 saturated carbocycles. The molecule has 148 valence electrons. The topological polar surface area (TPSA) is 51.1 Å². The fourth-order valence-electron chi connectivity index (χ4n) is 4.22. The highest BCUT2D eigenvalue weighted by atomic mass is 127. The molecule has 3 atom stereocenters. The molecule has 0 spiro atoms. The highest BCUT2D eigenvalue weighted by molar-refractivity contribution is 14.0. The maximum Gasteiger partial charge on any atom is 0.193 e. The number of guanidine groups is 1. The molecule has 0 bridgehead atoms. The molecule has 0 amide bonds. The van der Waals surface area contributed by atoms with Gasteiger partial charge in [-0.2, -0.15) is 0 Å². The van der Waals surface area contributed by atoms with Gasteiger partial charge in [0.05, 0.1) is 12.6 Å². The first-order valence-electron chi connectivity index (χ1n) is 9.99. The predicted molar refractivity (Wildman–Crippen MR) is 117 cm³/mol. The average Bonchev–Trinajstić information content (AvgIpc) is 3.05. The molecular formula is C19H39IN4O. The average molecular weight is 466 g/mol. The number of halogens is 1. The Kier molecular flexibility index (Phi) is 10.0. The van der Waals surface area contributed by atoms with Crippen molar-refractivity contribution in [2.75, 3.05) is 39.3 Å². The largest absolute Gasteiger partial charge is 0.392 e. The molecule has 0 aromatic heterocycles. The maximum atomic E-state index is 10.4. The first-order chi connectivity index (χ1) is 11.5. The first kappa shape index (κ1) is 23.0. The maximum absolute atomic E-state index is 10.4. The SMILES string of the molecule is CCNC(=NCC1(C)CCCCC1O)N1CCC(N(CC)CC)C1.I. The van der Waals surface area contributed by atoms with E-state index < -0.39 is 0 Å². The Bertz CT molecular complexity index is 416. The summed E-state index contributed by atoms with van der Waals surface area (Å²) in [6.07, 6.45) is 5.38. The van der Waals surface area contributed by atoms with E-state index in [1.165, 1.54) is 12.8 Å².